The van der Waals surface area contributed by atoms with Crippen LogP contribution in [0, 0.1) is 11.8 Å². The maximum atomic E-state index is 14.2. The van der Waals surface area contributed by atoms with Crippen LogP contribution in [0.25, 0.3) is 0 Å². The summed E-state index contributed by atoms with van der Waals surface area (Å²) < 4.78 is 28.4. The SMILES string of the molecule is CC(C)c1cc(C(C)C)c(S(=O)(=O)[C@H]2C(=O)CC[C@@H]2C2CCCCC2)c(C(C)C)c1. The maximum Gasteiger partial charge on any atom is 0.189 e. The average molecular weight is 433 g/mol. The number of ketones is 1. The summed E-state index contributed by atoms with van der Waals surface area (Å²) in [7, 11) is -3.73. The number of carbonyl (C=O) groups excluding carboxylic acids is 1. The van der Waals surface area contributed by atoms with Crippen LogP contribution in [0.15, 0.2) is 17.0 Å². The highest BCUT2D eigenvalue weighted by molar-refractivity contribution is 7.93. The summed E-state index contributed by atoms with van der Waals surface area (Å²) in [4.78, 5) is 13.5. The number of benzene rings is 1. The van der Waals surface area contributed by atoms with E-state index in [1.54, 1.807) is 0 Å². The van der Waals surface area contributed by atoms with Crippen LogP contribution in [-0.2, 0) is 14.6 Å². The van der Waals surface area contributed by atoms with E-state index in [0.717, 1.165) is 30.4 Å². The van der Waals surface area contributed by atoms with Gasteiger partial charge in [-0.1, -0.05) is 85.8 Å². The lowest BCUT2D eigenvalue weighted by atomic mass is 9.79. The Hall–Kier alpha value is -1.16. The third kappa shape index (κ3) is 4.40. The molecule has 0 bridgehead atoms. The van der Waals surface area contributed by atoms with Crippen LogP contribution in [-0.4, -0.2) is 19.5 Å². The van der Waals surface area contributed by atoms with E-state index in [1.807, 2.05) is 0 Å². The molecule has 4 heteroatoms. The van der Waals surface area contributed by atoms with E-state index in [1.165, 1.54) is 24.8 Å². The molecule has 0 saturated heterocycles. The number of sulfone groups is 1. The fourth-order valence-electron chi connectivity index (χ4n) is 5.63. The molecular formula is C26H40O3S. The second-order valence-electron chi connectivity index (χ2n) is 10.5. The van der Waals surface area contributed by atoms with Crippen molar-refractivity contribution in [2.45, 2.75) is 114 Å². The third-order valence-electron chi connectivity index (χ3n) is 7.38. The molecule has 1 aromatic rings. The Balaban J connectivity index is 2.17. The molecule has 3 nitrogen and oxygen atoms in total. The summed E-state index contributed by atoms with van der Waals surface area (Å²) in [5, 5.41) is -0.847. The molecule has 0 N–H and O–H groups in total. The summed E-state index contributed by atoms with van der Waals surface area (Å²) in [5.41, 5.74) is 2.97. The largest absolute Gasteiger partial charge is 0.298 e. The van der Waals surface area contributed by atoms with Gasteiger partial charge in [0.15, 0.2) is 15.6 Å². The van der Waals surface area contributed by atoms with Crippen LogP contribution < -0.4 is 0 Å². The van der Waals surface area contributed by atoms with Gasteiger partial charge in [0.05, 0.1) is 4.90 Å². The Morgan fingerprint density at radius 3 is 1.80 bits per heavy atom. The Morgan fingerprint density at radius 2 is 1.33 bits per heavy atom. The summed E-state index contributed by atoms with van der Waals surface area (Å²) in [6.45, 7) is 12.6. The van der Waals surface area contributed by atoms with Gasteiger partial charge in [-0.05, 0) is 52.7 Å². The van der Waals surface area contributed by atoms with Crippen molar-refractivity contribution in [2.75, 3.05) is 0 Å². The average Bonchev–Trinajstić information content (AvgIpc) is 3.09. The zero-order valence-corrected chi connectivity index (χ0v) is 20.5. The molecule has 0 aliphatic heterocycles. The normalized spacial score (nSPS) is 23.8. The molecule has 168 valence electrons. The van der Waals surface area contributed by atoms with Crippen molar-refractivity contribution in [3.63, 3.8) is 0 Å². The zero-order chi connectivity index (χ0) is 22.2. The Morgan fingerprint density at radius 1 is 0.800 bits per heavy atom. The molecule has 2 saturated carbocycles. The number of carbonyl (C=O) groups is 1. The first kappa shape index (κ1) is 23.5. The zero-order valence-electron chi connectivity index (χ0n) is 19.7. The van der Waals surface area contributed by atoms with Crippen molar-refractivity contribution in [2.24, 2.45) is 11.8 Å². The van der Waals surface area contributed by atoms with Gasteiger partial charge in [-0.3, -0.25) is 4.79 Å². The van der Waals surface area contributed by atoms with Gasteiger partial charge in [-0.15, -0.1) is 0 Å². The minimum Gasteiger partial charge on any atom is -0.298 e. The van der Waals surface area contributed by atoms with Gasteiger partial charge in [0.1, 0.15) is 5.25 Å². The molecule has 0 heterocycles. The lowest BCUT2D eigenvalue weighted by molar-refractivity contribution is -0.117. The predicted molar refractivity (Wildman–Crippen MR) is 124 cm³/mol. The predicted octanol–water partition coefficient (Wildman–Crippen LogP) is 6.76. The summed E-state index contributed by atoms with van der Waals surface area (Å²) in [5.74, 6) is 0.839. The smallest absolute Gasteiger partial charge is 0.189 e. The minimum atomic E-state index is -3.73. The molecule has 0 unspecified atom stereocenters. The molecule has 0 spiro atoms. The van der Waals surface area contributed by atoms with Crippen LogP contribution in [0.3, 0.4) is 0 Å². The van der Waals surface area contributed by atoms with Crippen molar-refractivity contribution < 1.29 is 13.2 Å². The topological polar surface area (TPSA) is 51.2 Å². The van der Waals surface area contributed by atoms with E-state index in [2.05, 4.69) is 53.7 Å². The molecule has 30 heavy (non-hydrogen) atoms. The lowest BCUT2D eigenvalue weighted by Crippen LogP contribution is -2.37. The Kier molecular flexibility index (Phi) is 7.16. The number of Topliss-reactive ketones (excluding diaryl/α,β-unsaturated/α-hetero) is 1. The van der Waals surface area contributed by atoms with Crippen LogP contribution in [0.2, 0.25) is 0 Å². The van der Waals surface area contributed by atoms with E-state index < -0.39 is 15.1 Å². The minimum absolute atomic E-state index is 0.00685. The van der Waals surface area contributed by atoms with Crippen LogP contribution in [0.1, 0.15) is 121 Å². The van der Waals surface area contributed by atoms with Crippen LogP contribution in [0.4, 0.5) is 0 Å². The van der Waals surface area contributed by atoms with Gasteiger partial charge in [0.2, 0.25) is 0 Å². The molecule has 2 fully saturated rings. The molecular weight excluding hydrogens is 392 g/mol. The molecule has 0 amide bonds. The van der Waals surface area contributed by atoms with Crippen LogP contribution in [0.5, 0.6) is 0 Å². The summed E-state index contributed by atoms with van der Waals surface area (Å²) in [6.07, 6.45) is 6.88. The van der Waals surface area contributed by atoms with Crippen LogP contribution >= 0.6 is 0 Å². The van der Waals surface area contributed by atoms with Gasteiger partial charge in [0, 0.05) is 6.42 Å². The molecule has 2 aliphatic rings. The number of hydrogen-bond donors (Lipinski definition) is 0. The molecule has 0 radical (unpaired) electrons. The van der Waals surface area contributed by atoms with E-state index in [0.29, 0.717) is 23.2 Å². The Labute approximate surface area is 184 Å². The first-order chi connectivity index (χ1) is 14.1. The molecule has 2 atom stereocenters. The fraction of sp³-hybridized carbons (Fsp3) is 0.731. The molecule has 2 aliphatic carbocycles. The second kappa shape index (κ2) is 9.14. The van der Waals surface area contributed by atoms with Crippen molar-refractivity contribution in [1.82, 2.24) is 0 Å². The summed E-state index contributed by atoms with van der Waals surface area (Å²) in [6, 6.07) is 4.17. The first-order valence-corrected chi connectivity index (χ1v) is 13.5. The maximum absolute atomic E-state index is 14.2. The standard InChI is InChI=1S/C26H40O3S/c1-16(2)20-14-22(17(3)4)25(23(15-20)18(5)6)30(28,29)26-21(12-13-24(26)27)19-10-8-7-9-11-19/h14-19,21,26H,7-13H2,1-6H3/t21-,26-/m1/s1. The van der Waals surface area contributed by atoms with Gasteiger partial charge in [-0.25, -0.2) is 8.42 Å². The highest BCUT2D eigenvalue weighted by Gasteiger charge is 2.49. The molecule has 3 rings (SSSR count). The lowest BCUT2D eigenvalue weighted by Gasteiger charge is -2.32. The monoisotopic (exact) mass is 432 g/mol. The fourth-order valence-corrected chi connectivity index (χ4v) is 8.42. The quantitative estimate of drug-likeness (QED) is 0.499. The summed E-state index contributed by atoms with van der Waals surface area (Å²) >= 11 is 0. The van der Waals surface area contributed by atoms with Gasteiger partial charge >= 0.3 is 0 Å². The second-order valence-corrected chi connectivity index (χ2v) is 12.5. The van der Waals surface area contributed by atoms with Crippen molar-refractivity contribution in [3.8, 4) is 0 Å². The third-order valence-corrected chi connectivity index (χ3v) is 9.71. The number of hydrogen-bond acceptors (Lipinski definition) is 3. The van der Waals surface area contributed by atoms with E-state index >= 15 is 0 Å². The highest BCUT2D eigenvalue weighted by atomic mass is 32.2. The van der Waals surface area contributed by atoms with E-state index in [9.17, 15) is 13.2 Å². The van der Waals surface area contributed by atoms with E-state index in [4.69, 9.17) is 0 Å². The Bertz CT molecular complexity index is 845. The van der Waals surface area contributed by atoms with Crippen molar-refractivity contribution in [3.05, 3.63) is 28.8 Å². The molecule has 1 aromatic carbocycles. The molecule has 0 aromatic heterocycles. The first-order valence-electron chi connectivity index (χ1n) is 12.0. The van der Waals surface area contributed by atoms with Crippen molar-refractivity contribution in [1.29, 1.82) is 0 Å². The van der Waals surface area contributed by atoms with Crippen molar-refractivity contribution >= 4 is 15.6 Å². The van der Waals surface area contributed by atoms with Gasteiger partial charge < -0.3 is 0 Å². The van der Waals surface area contributed by atoms with Gasteiger partial charge in [0.25, 0.3) is 0 Å². The van der Waals surface area contributed by atoms with E-state index in [-0.39, 0.29) is 23.5 Å². The van der Waals surface area contributed by atoms with Gasteiger partial charge in [-0.2, -0.15) is 0 Å². The number of rotatable bonds is 6. The highest BCUT2D eigenvalue weighted by Crippen LogP contribution is 2.45.